The predicted octanol–water partition coefficient (Wildman–Crippen LogP) is 5.42. The van der Waals surface area contributed by atoms with Crippen LogP contribution in [0.15, 0.2) is 53.0 Å². The maximum absolute atomic E-state index is 13.1. The van der Waals surface area contributed by atoms with E-state index in [1.165, 1.54) is 11.8 Å². The third kappa shape index (κ3) is 4.18. The van der Waals surface area contributed by atoms with E-state index >= 15 is 0 Å². The van der Waals surface area contributed by atoms with E-state index in [1.807, 2.05) is 61.7 Å². The predicted molar refractivity (Wildman–Crippen MR) is 126 cm³/mol. The molecule has 1 aromatic carbocycles. The van der Waals surface area contributed by atoms with Crippen molar-refractivity contribution < 1.29 is 9.53 Å². The van der Waals surface area contributed by atoms with Gasteiger partial charge < -0.3 is 13.9 Å². The SMILES string of the molecule is CCn1c(SCC(=O)c2cc(C)n(-c3ccc(OC)cc3)c2C)nnc1-c1cccs1. The summed E-state index contributed by atoms with van der Waals surface area (Å²) in [6.45, 7) is 6.82. The van der Waals surface area contributed by atoms with Crippen molar-refractivity contribution in [3.8, 4) is 22.1 Å². The third-order valence-corrected chi connectivity index (χ3v) is 7.00. The van der Waals surface area contributed by atoms with Crippen LogP contribution in [0.4, 0.5) is 0 Å². The van der Waals surface area contributed by atoms with Gasteiger partial charge in [-0.05, 0) is 62.5 Å². The standard InChI is InChI=1S/C23H24N4O2S2/c1-5-26-22(21-7-6-12-30-21)24-25-23(26)31-14-20(28)19-13-15(2)27(16(19)3)17-8-10-18(29-4)11-9-17/h6-13H,5,14H2,1-4H3. The van der Waals surface area contributed by atoms with E-state index < -0.39 is 0 Å². The van der Waals surface area contributed by atoms with E-state index in [1.54, 1.807) is 18.4 Å². The number of hydrogen-bond donors (Lipinski definition) is 0. The van der Waals surface area contributed by atoms with Gasteiger partial charge in [-0.3, -0.25) is 4.79 Å². The van der Waals surface area contributed by atoms with Gasteiger partial charge >= 0.3 is 0 Å². The fourth-order valence-electron chi connectivity index (χ4n) is 3.65. The van der Waals surface area contributed by atoms with Crippen molar-refractivity contribution in [3.63, 3.8) is 0 Å². The Hall–Kier alpha value is -2.84. The maximum Gasteiger partial charge on any atom is 0.191 e. The number of Topliss-reactive ketones (excluding diaryl/α,β-unsaturated/α-hetero) is 1. The molecule has 4 aromatic rings. The molecule has 0 bridgehead atoms. The van der Waals surface area contributed by atoms with Gasteiger partial charge in [0.1, 0.15) is 5.75 Å². The van der Waals surface area contributed by atoms with Crippen molar-refractivity contribution in [1.29, 1.82) is 0 Å². The molecule has 6 nitrogen and oxygen atoms in total. The summed E-state index contributed by atoms with van der Waals surface area (Å²) in [5, 5.41) is 11.5. The van der Waals surface area contributed by atoms with Crippen molar-refractivity contribution >= 4 is 28.9 Å². The lowest BCUT2D eigenvalue weighted by Crippen LogP contribution is -2.07. The van der Waals surface area contributed by atoms with Crippen molar-refractivity contribution in [2.75, 3.05) is 12.9 Å². The zero-order chi connectivity index (χ0) is 22.0. The molecular weight excluding hydrogens is 428 g/mol. The number of rotatable bonds is 8. The van der Waals surface area contributed by atoms with Crippen LogP contribution < -0.4 is 4.74 Å². The summed E-state index contributed by atoms with van der Waals surface area (Å²) in [7, 11) is 1.65. The largest absolute Gasteiger partial charge is 0.497 e. The fraction of sp³-hybridized carbons (Fsp3) is 0.261. The summed E-state index contributed by atoms with van der Waals surface area (Å²) in [5.41, 5.74) is 3.70. The van der Waals surface area contributed by atoms with Crippen molar-refractivity contribution in [2.45, 2.75) is 32.5 Å². The highest BCUT2D eigenvalue weighted by Crippen LogP contribution is 2.29. The van der Waals surface area contributed by atoms with E-state index in [2.05, 4.69) is 26.3 Å². The zero-order valence-electron chi connectivity index (χ0n) is 18.0. The quantitative estimate of drug-likeness (QED) is 0.264. The number of carbonyl (C=O) groups is 1. The second kappa shape index (κ2) is 9.11. The first kappa shape index (κ1) is 21.4. The Kier molecular flexibility index (Phi) is 6.29. The number of hydrogen-bond acceptors (Lipinski definition) is 6. The molecule has 0 spiro atoms. The average Bonchev–Trinajstić information content (AvgIpc) is 3.51. The monoisotopic (exact) mass is 452 g/mol. The Morgan fingerprint density at radius 3 is 2.58 bits per heavy atom. The minimum Gasteiger partial charge on any atom is -0.497 e. The Labute approximate surface area is 189 Å². The van der Waals surface area contributed by atoms with Crippen LogP contribution in [0.3, 0.4) is 0 Å². The Morgan fingerprint density at radius 2 is 1.94 bits per heavy atom. The van der Waals surface area contributed by atoms with Gasteiger partial charge in [-0.2, -0.15) is 0 Å². The highest BCUT2D eigenvalue weighted by atomic mass is 32.2. The molecule has 8 heteroatoms. The first-order valence-electron chi connectivity index (χ1n) is 10.00. The van der Waals surface area contributed by atoms with E-state index in [9.17, 15) is 4.79 Å². The second-order valence-corrected chi connectivity index (χ2v) is 8.95. The van der Waals surface area contributed by atoms with E-state index in [0.717, 1.165) is 50.8 Å². The molecule has 4 rings (SSSR count). The number of ketones is 1. The molecule has 0 unspecified atom stereocenters. The third-order valence-electron chi connectivity index (χ3n) is 5.17. The van der Waals surface area contributed by atoms with Crippen molar-refractivity contribution in [2.24, 2.45) is 0 Å². The fourth-order valence-corrected chi connectivity index (χ4v) is 5.25. The molecular formula is C23H24N4O2S2. The molecule has 0 saturated carbocycles. The lowest BCUT2D eigenvalue weighted by atomic mass is 10.2. The first-order valence-corrected chi connectivity index (χ1v) is 11.9. The van der Waals surface area contributed by atoms with E-state index in [0.29, 0.717) is 5.75 Å². The number of carbonyl (C=O) groups excluding carboxylic acids is 1. The highest BCUT2D eigenvalue weighted by Gasteiger charge is 2.19. The Bertz CT molecular complexity index is 1190. The Morgan fingerprint density at radius 1 is 1.16 bits per heavy atom. The molecule has 31 heavy (non-hydrogen) atoms. The van der Waals surface area contributed by atoms with Gasteiger partial charge in [0.15, 0.2) is 16.8 Å². The van der Waals surface area contributed by atoms with Crippen LogP contribution in [0.25, 0.3) is 16.4 Å². The van der Waals surface area contributed by atoms with Gasteiger partial charge in [-0.15, -0.1) is 21.5 Å². The number of thioether (sulfide) groups is 1. The van der Waals surface area contributed by atoms with Crippen LogP contribution in [0.2, 0.25) is 0 Å². The Balaban J connectivity index is 1.53. The zero-order valence-corrected chi connectivity index (χ0v) is 19.6. The van der Waals surface area contributed by atoms with Crippen LogP contribution in [-0.2, 0) is 6.54 Å². The van der Waals surface area contributed by atoms with Crippen LogP contribution in [0.1, 0.15) is 28.7 Å². The van der Waals surface area contributed by atoms with Crippen LogP contribution in [0.5, 0.6) is 5.75 Å². The highest BCUT2D eigenvalue weighted by molar-refractivity contribution is 7.99. The molecule has 3 heterocycles. The van der Waals surface area contributed by atoms with Gasteiger partial charge in [-0.25, -0.2) is 0 Å². The van der Waals surface area contributed by atoms with Gasteiger partial charge in [-0.1, -0.05) is 17.8 Å². The molecule has 0 radical (unpaired) electrons. The number of benzene rings is 1. The lowest BCUT2D eigenvalue weighted by molar-refractivity contribution is 0.102. The summed E-state index contributed by atoms with van der Waals surface area (Å²) < 4.78 is 9.41. The molecule has 0 fully saturated rings. The van der Waals surface area contributed by atoms with Gasteiger partial charge in [0.2, 0.25) is 0 Å². The first-order chi connectivity index (χ1) is 15.0. The molecule has 0 aliphatic rings. The summed E-state index contributed by atoms with van der Waals surface area (Å²) in [4.78, 5) is 14.1. The van der Waals surface area contributed by atoms with E-state index in [4.69, 9.17) is 4.74 Å². The summed E-state index contributed by atoms with van der Waals surface area (Å²) >= 11 is 3.07. The summed E-state index contributed by atoms with van der Waals surface area (Å²) in [6, 6.07) is 13.8. The molecule has 0 saturated heterocycles. The number of ether oxygens (including phenoxy) is 1. The summed E-state index contributed by atoms with van der Waals surface area (Å²) in [6.07, 6.45) is 0. The molecule has 0 aliphatic heterocycles. The lowest BCUT2D eigenvalue weighted by Gasteiger charge is -2.11. The minimum atomic E-state index is 0.0844. The van der Waals surface area contributed by atoms with Gasteiger partial charge in [0.25, 0.3) is 0 Å². The molecule has 160 valence electrons. The topological polar surface area (TPSA) is 61.9 Å². The molecule has 3 aromatic heterocycles. The van der Waals surface area contributed by atoms with Crippen LogP contribution >= 0.6 is 23.1 Å². The minimum absolute atomic E-state index is 0.0844. The van der Waals surface area contributed by atoms with Crippen LogP contribution in [0, 0.1) is 13.8 Å². The number of aromatic nitrogens is 4. The molecule has 0 aliphatic carbocycles. The maximum atomic E-state index is 13.1. The van der Waals surface area contributed by atoms with E-state index in [-0.39, 0.29) is 5.78 Å². The number of nitrogens with zero attached hydrogens (tertiary/aromatic N) is 4. The normalized spacial score (nSPS) is 11.1. The van der Waals surface area contributed by atoms with Crippen molar-refractivity contribution in [3.05, 3.63) is 64.8 Å². The smallest absolute Gasteiger partial charge is 0.191 e. The van der Waals surface area contributed by atoms with Crippen molar-refractivity contribution in [1.82, 2.24) is 19.3 Å². The average molecular weight is 453 g/mol. The van der Waals surface area contributed by atoms with Crippen LogP contribution in [-0.4, -0.2) is 38.0 Å². The molecule has 0 amide bonds. The summed E-state index contributed by atoms with van der Waals surface area (Å²) in [5.74, 6) is 2.06. The number of thiophene rings is 1. The molecule has 0 N–H and O–H groups in total. The second-order valence-electron chi connectivity index (χ2n) is 7.06. The van der Waals surface area contributed by atoms with Gasteiger partial charge in [0.05, 0.1) is 17.7 Å². The number of aryl methyl sites for hydroxylation is 1. The molecule has 0 atom stereocenters. The number of methoxy groups -OCH3 is 1. The van der Waals surface area contributed by atoms with Gasteiger partial charge in [0, 0.05) is 29.2 Å².